The smallest absolute Gasteiger partial charge is 0.251 e. The van der Waals surface area contributed by atoms with Gasteiger partial charge in [0.2, 0.25) is 0 Å². The molecule has 27 heavy (non-hydrogen) atoms. The highest BCUT2D eigenvalue weighted by Gasteiger charge is 2.17. The number of hydrogen-bond donors (Lipinski definition) is 0. The lowest BCUT2D eigenvalue weighted by molar-refractivity contribution is -0.645. The van der Waals surface area contributed by atoms with Crippen LogP contribution in [0.5, 0.6) is 0 Å². The van der Waals surface area contributed by atoms with E-state index in [1.807, 2.05) is 19.9 Å². The molecule has 0 radical (unpaired) electrons. The van der Waals surface area contributed by atoms with Crippen LogP contribution in [0.2, 0.25) is 0 Å². The van der Waals surface area contributed by atoms with Gasteiger partial charge >= 0.3 is 0 Å². The molecule has 0 fully saturated rings. The SMILES string of the molecule is Cc1cc(C(=O)CSc2cccc[n+]2[O-])c(C)n1CCc1ccc(F)cc1. The third-order valence-corrected chi connectivity index (χ3v) is 5.57. The first-order valence-electron chi connectivity index (χ1n) is 8.71. The van der Waals surface area contributed by atoms with Crippen molar-refractivity contribution >= 4 is 17.5 Å². The van der Waals surface area contributed by atoms with E-state index in [2.05, 4.69) is 4.57 Å². The van der Waals surface area contributed by atoms with Crippen molar-refractivity contribution in [3.8, 4) is 0 Å². The molecule has 0 amide bonds. The van der Waals surface area contributed by atoms with E-state index < -0.39 is 0 Å². The summed E-state index contributed by atoms with van der Waals surface area (Å²) in [6.45, 7) is 4.64. The molecular weight excluding hydrogens is 363 g/mol. The molecule has 3 aromatic rings. The van der Waals surface area contributed by atoms with Crippen molar-refractivity contribution in [2.45, 2.75) is 31.8 Å². The van der Waals surface area contributed by atoms with E-state index in [0.29, 0.717) is 10.6 Å². The van der Waals surface area contributed by atoms with Gasteiger partial charge in [-0.3, -0.25) is 4.79 Å². The Morgan fingerprint density at radius 2 is 1.93 bits per heavy atom. The number of halogens is 1. The molecule has 0 saturated heterocycles. The van der Waals surface area contributed by atoms with E-state index in [-0.39, 0.29) is 17.4 Å². The fourth-order valence-corrected chi connectivity index (χ4v) is 3.86. The number of aryl methyl sites for hydroxylation is 2. The van der Waals surface area contributed by atoms with Gasteiger partial charge in [0.15, 0.2) is 12.0 Å². The van der Waals surface area contributed by atoms with Gasteiger partial charge in [-0.25, -0.2) is 4.39 Å². The first-order chi connectivity index (χ1) is 13.0. The largest absolute Gasteiger partial charge is 0.618 e. The average molecular weight is 384 g/mol. The van der Waals surface area contributed by atoms with Gasteiger partial charge in [0.25, 0.3) is 5.03 Å². The number of carbonyl (C=O) groups is 1. The van der Waals surface area contributed by atoms with Gasteiger partial charge in [-0.05, 0) is 61.9 Å². The van der Waals surface area contributed by atoms with Gasteiger partial charge in [-0.2, -0.15) is 4.73 Å². The maximum atomic E-state index is 13.0. The summed E-state index contributed by atoms with van der Waals surface area (Å²) in [5.41, 5.74) is 3.67. The maximum Gasteiger partial charge on any atom is 0.251 e. The fraction of sp³-hybridized carbons (Fsp3) is 0.238. The number of rotatable bonds is 7. The molecule has 0 atom stereocenters. The van der Waals surface area contributed by atoms with Gasteiger partial charge in [-0.1, -0.05) is 12.1 Å². The van der Waals surface area contributed by atoms with Crippen LogP contribution in [0.1, 0.15) is 27.3 Å². The lowest BCUT2D eigenvalue weighted by Crippen LogP contribution is -2.28. The van der Waals surface area contributed by atoms with Crippen LogP contribution in [0, 0.1) is 24.9 Å². The van der Waals surface area contributed by atoms with E-state index in [9.17, 15) is 14.4 Å². The zero-order valence-electron chi connectivity index (χ0n) is 15.3. The minimum atomic E-state index is -0.240. The number of aromatic nitrogens is 2. The van der Waals surface area contributed by atoms with Gasteiger partial charge in [0, 0.05) is 35.6 Å². The molecule has 140 valence electrons. The molecule has 0 N–H and O–H groups in total. The zero-order chi connectivity index (χ0) is 19.4. The lowest BCUT2D eigenvalue weighted by Gasteiger charge is -2.10. The second kappa shape index (κ2) is 8.39. The summed E-state index contributed by atoms with van der Waals surface area (Å²) in [4.78, 5) is 12.6. The molecule has 0 saturated carbocycles. The topological polar surface area (TPSA) is 48.9 Å². The van der Waals surface area contributed by atoms with E-state index in [1.54, 1.807) is 30.3 Å². The summed E-state index contributed by atoms with van der Waals surface area (Å²) in [5.74, 6) is -0.0191. The molecule has 6 heteroatoms. The predicted molar refractivity (Wildman–Crippen MR) is 104 cm³/mol. The Bertz CT molecular complexity index is 951. The van der Waals surface area contributed by atoms with Crippen molar-refractivity contribution < 1.29 is 13.9 Å². The normalized spacial score (nSPS) is 10.9. The Hall–Kier alpha value is -2.60. The number of hydrogen-bond acceptors (Lipinski definition) is 3. The summed E-state index contributed by atoms with van der Waals surface area (Å²) < 4.78 is 15.9. The second-order valence-corrected chi connectivity index (χ2v) is 7.39. The zero-order valence-corrected chi connectivity index (χ0v) is 16.1. The second-order valence-electron chi connectivity index (χ2n) is 6.39. The standard InChI is InChI=1S/C21H21FN2O2S/c1-15-13-19(20(25)14-27-21-5-3-4-11-24(21)26)16(2)23(15)12-10-17-6-8-18(22)9-7-17/h3-9,11,13H,10,12,14H2,1-2H3. The number of thioether (sulfide) groups is 1. The van der Waals surface area contributed by atoms with Gasteiger partial charge in [0.05, 0.1) is 5.75 Å². The Balaban J connectivity index is 1.68. The molecule has 0 unspecified atom stereocenters. The van der Waals surface area contributed by atoms with Crippen LogP contribution in [-0.2, 0) is 13.0 Å². The molecule has 4 nitrogen and oxygen atoms in total. The van der Waals surface area contributed by atoms with Crippen LogP contribution in [0.25, 0.3) is 0 Å². The van der Waals surface area contributed by atoms with E-state index in [4.69, 9.17) is 0 Å². The third-order valence-electron chi connectivity index (χ3n) is 4.55. The van der Waals surface area contributed by atoms with Crippen LogP contribution >= 0.6 is 11.8 Å². The van der Waals surface area contributed by atoms with Crippen molar-refractivity contribution in [1.29, 1.82) is 0 Å². The van der Waals surface area contributed by atoms with Crippen LogP contribution < -0.4 is 4.73 Å². The quantitative estimate of drug-likeness (QED) is 0.267. The molecule has 3 rings (SSSR count). The van der Waals surface area contributed by atoms with E-state index in [0.717, 1.165) is 34.6 Å². The monoisotopic (exact) mass is 384 g/mol. The lowest BCUT2D eigenvalue weighted by atomic mass is 10.1. The van der Waals surface area contributed by atoms with Crippen LogP contribution in [-0.4, -0.2) is 16.1 Å². The third kappa shape index (κ3) is 4.57. The molecule has 0 aliphatic heterocycles. The van der Waals surface area contributed by atoms with Crippen molar-refractivity contribution in [1.82, 2.24) is 4.57 Å². The Kier molecular flexibility index (Phi) is 5.96. The molecule has 0 aliphatic carbocycles. The van der Waals surface area contributed by atoms with Crippen LogP contribution in [0.15, 0.2) is 59.8 Å². The van der Waals surface area contributed by atoms with Crippen molar-refractivity contribution in [2.75, 3.05) is 5.75 Å². The molecule has 0 bridgehead atoms. The number of pyridine rings is 1. The molecule has 2 aromatic heterocycles. The van der Waals surface area contributed by atoms with Crippen LogP contribution in [0.3, 0.4) is 0 Å². The van der Waals surface area contributed by atoms with Gasteiger partial charge < -0.3 is 9.77 Å². The summed E-state index contributed by atoms with van der Waals surface area (Å²) >= 11 is 1.24. The van der Waals surface area contributed by atoms with Crippen LogP contribution in [0.4, 0.5) is 4.39 Å². The summed E-state index contributed by atoms with van der Waals surface area (Å²) in [6, 6.07) is 13.5. The van der Waals surface area contributed by atoms with E-state index in [1.165, 1.54) is 30.1 Å². The van der Waals surface area contributed by atoms with E-state index >= 15 is 0 Å². The summed E-state index contributed by atoms with van der Waals surface area (Å²) in [7, 11) is 0. The average Bonchev–Trinajstić information content (AvgIpc) is 2.94. The summed E-state index contributed by atoms with van der Waals surface area (Å²) in [5, 5.41) is 12.2. The number of benzene rings is 1. The fourth-order valence-electron chi connectivity index (χ4n) is 3.06. The molecule has 1 aromatic carbocycles. The Morgan fingerprint density at radius 3 is 2.63 bits per heavy atom. The molecule has 2 heterocycles. The highest BCUT2D eigenvalue weighted by molar-refractivity contribution is 7.99. The molecular formula is C21H21FN2O2S. The summed E-state index contributed by atoms with van der Waals surface area (Å²) in [6.07, 6.45) is 2.19. The highest BCUT2D eigenvalue weighted by atomic mass is 32.2. The van der Waals surface area contributed by atoms with Crippen molar-refractivity contribution in [3.05, 3.63) is 88.3 Å². The predicted octanol–water partition coefficient (Wildman–Crippen LogP) is 4.10. The minimum Gasteiger partial charge on any atom is -0.618 e. The maximum absolute atomic E-state index is 13.0. The first kappa shape index (κ1) is 19.2. The van der Waals surface area contributed by atoms with Crippen molar-refractivity contribution in [2.24, 2.45) is 0 Å². The Labute approximate surface area is 162 Å². The number of nitrogens with zero attached hydrogens (tertiary/aromatic N) is 2. The first-order valence-corrected chi connectivity index (χ1v) is 9.69. The highest BCUT2D eigenvalue weighted by Crippen LogP contribution is 2.20. The van der Waals surface area contributed by atoms with Gasteiger partial charge in [0.1, 0.15) is 5.82 Å². The number of ketones is 1. The number of Topliss-reactive ketones (excluding diaryl/α,β-unsaturated/α-hetero) is 1. The van der Waals surface area contributed by atoms with Gasteiger partial charge in [-0.15, -0.1) is 0 Å². The minimum absolute atomic E-state index is 0.00462. The Morgan fingerprint density at radius 1 is 1.19 bits per heavy atom. The molecule has 0 aliphatic rings. The molecule has 0 spiro atoms. The number of carbonyl (C=O) groups excluding carboxylic acids is 1. The van der Waals surface area contributed by atoms with Crippen molar-refractivity contribution in [3.63, 3.8) is 0 Å².